The normalized spacial score (nSPS) is 11.5. The Kier molecular flexibility index (Phi) is 5.74. The number of carbonyl (C=O) groups excluding carboxylic acids is 1. The maximum atomic E-state index is 11.2. The number of benzene rings is 2. The van der Waals surface area contributed by atoms with Crippen LogP contribution in [0.4, 0.5) is 0 Å². The van der Waals surface area contributed by atoms with Crippen LogP contribution in [0.5, 0.6) is 5.75 Å². The van der Waals surface area contributed by atoms with Crippen LogP contribution >= 0.6 is 0 Å². The van der Waals surface area contributed by atoms with Gasteiger partial charge < -0.3 is 15.2 Å². The van der Waals surface area contributed by atoms with E-state index in [1.807, 2.05) is 48.5 Å². The van der Waals surface area contributed by atoms with Crippen LogP contribution in [-0.2, 0) is 22.6 Å². The Morgan fingerprint density at radius 1 is 1.09 bits per heavy atom. The third kappa shape index (κ3) is 5.47. The first kappa shape index (κ1) is 16.5. The summed E-state index contributed by atoms with van der Waals surface area (Å²) in [4.78, 5) is 22.3. The number of nitrogens with one attached hydrogen (secondary N) is 1. The van der Waals surface area contributed by atoms with Crippen molar-refractivity contribution in [2.24, 2.45) is 0 Å². The number of carboxylic acid groups (broad SMARTS) is 1. The van der Waals surface area contributed by atoms with Gasteiger partial charge in [-0.1, -0.05) is 42.5 Å². The fourth-order valence-corrected chi connectivity index (χ4v) is 2.18. The Balaban J connectivity index is 2.01. The first-order valence-electron chi connectivity index (χ1n) is 7.30. The molecular formula is C18H19NO4. The van der Waals surface area contributed by atoms with Crippen LogP contribution in [-0.4, -0.2) is 23.0 Å². The average Bonchev–Trinajstić information content (AvgIpc) is 2.53. The summed E-state index contributed by atoms with van der Waals surface area (Å²) in [6.07, 6.45) is 0.206. The quantitative estimate of drug-likeness (QED) is 0.823. The zero-order chi connectivity index (χ0) is 16.7. The second kappa shape index (κ2) is 7.98. The molecule has 2 aromatic rings. The predicted octanol–water partition coefficient (Wildman–Crippen LogP) is 2.40. The molecule has 23 heavy (non-hydrogen) atoms. The highest BCUT2D eigenvalue weighted by molar-refractivity contribution is 5.82. The summed E-state index contributed by atoms with van der Waals surface area (Å²) >= 11 is 0. The second-order valence-electron chi connectivity index (χ2n) is 5.22. The van der Waals surface area contributed by atoms with Crippen molar-refractivity contribution in [3.63, 3.8) is 0 Å². The number of carbonyl (C=O) groups is 2. The number of hydrogen-bond donors (Lipinski definition) is 2. The topological polar surface area (TPSA) is 75.6 Å². The molecule has 5 nitrogen and oxygen atoms in total. The maximum absolute atomic E-state index is 11.2. The molecule has 0 saturated heterocycles. The van der Waals surface area contributed by atoms with E-state index in [-0.39, 0.29) is 12.3 Å². The van der Waals surface area contributed by atoms with Gasteiger partial charge in [-0.15, -0.1) is 0 Å². The van der Waals surface area contributed by atoms with E-state index in [1.165, 1.54) is 6.92 Å². The van der Waals surface area contributed by atoms with Crippen LogP contribution < -0.4 is 10.1 Å². The van der Waals surface area contributed by atoms with Crippen molar-refractivity contribution in [3.05, 3.63) is 65.7 Å². The molecule has 0 aliphatic heterocycles. The number of hydrogen-bond acceptors (Lipinski definition) is 3. The van der Waals surface area contributed by atoms with Gasteiger partial charge >= 0.3 is 5.97 Å². The van der Waals surface area contributed by atoms with Crippen LogP contribution in [0.25, 0.3) is 0 Å². The molecule has 0 aliphatic carbocycles. The molecule has 0 bridgehead atoms. The fourth-order valence-electron chi connectivity index (χ4n) is 2.18. The van der Waals surface area contributed by atoms with Gasteiger partial charge in [0.1, 0.15) is 18.4 Å². The smallest absolute Gasteiger partial charge is 0.326 e. The molecule has 5 heteroatoms. The molecule has 120 valence electrons. The lowest BCUT2D eigenvalue weighted by molar-refractivity contribution is -0.141. The number of amides is 1. The van der Waals surface area contributed by atoms with Crippen molar-refractivity contribution in [1.82, 2.24) is 5.32 Å². The van der Waals surface area contributed by atoms with Gasteiger partial charge in [-0.2, -0.15) is 0 Å². The Morgan fingerprint density at radius 2 is 1.78 bits per heavy atom. The van der Waals surface area contributed by atoms with Gasteiger partial charge in [-0.3, -0.25) is 4.79 Å². The Bertz CT molecular complexity index is 670. The molecule has 0 aliphatic rings. The maximum Gasteiger partial charge on any atom is 0.326 e. The van der Waals surface area contributed by atoms with Crippen molar-refractivity contribution in [1.29, 1.82) is 0 Å². The first-order valence-corrected chi connectivity index (χ1v) is 7.30. The molecule has 1 amide bonds. The summed E-state index contributed by atoms with van der Waals surface area (Å²) in [5, 5.41) is 11.6. The summed E-state index contributed by atoms with van der Waals surface area (Å²) in [5.41, 5.74) is 1.84. The highest BCUT2D eigenvalue weighted by atomic mass is 16.5. The monoisotopic (exact) mass is 313 g/mol. The van der Waals surface area contributed by atoms with E-state index < -0.39 is 12.0 Å². The van der Waals surface area contributed by atoms with E-state index in [0.717, 1.165) is 11.1 Å². The van der Waals surface area contributed by atoms with E-state index in [2.05, 4.69) is 5.32 Å². The number of ether oxygens (including phenoxy) is 1. The molecule has 2 aromatic carbocycles. The highest BCUT2D eigenvalue weighted by Crippen LogP contribution is 2.16. The highest BCUT2D eigenvalue weighted by Gasteiger charge is 2.18. The first-order chi connectivity index (χ1) is 11.0. The lowest BCUT2D eigenvalue weighted by Gasteiger charge is -2.14. The summed E-state index contributed by atoms with van der Waals surface area (Å²) in [5.74, 6) is -0.761. The van der Waals surface area contributed by atoms with E-state index >= 15 is 0 Å². The minimum Gasteiger partial charge on any atom is -0.489 e. The van der Waals surface area contributed by atoms with Crippen molar-refractivity contribution >= 4 is 11.9 Å². The molecule has 0 aromatic heterocycles. The van der Waals surface area contributed by atoms with Crippen LogP contribution in [0.15, 0.2) is 54.6 Å². The molecule has 0 heterocycles. The fraction of sp³-hybridized carbons (Fsp3) is 0.222. The Hall–Kier alpha value is -2.82. The molecular weight excluding hydrogens is 294 g/mol. The largest absolute Gasteiger partial charge is 0.489 e. The average molecular weight is 313 g/mol. The van der Waals surface area contributed by atoms with Crippen LogP contribution in [0.2, 0.25) is 0 Å². The Morgan fingerprint density at radius 3 is 2.43 bits per heavy atom. The van der Waals surface area contributed by atoms with Gasteiger partial charge in [0, 0.05) is 13.3 Å². The molecule has 0 radical (unpaired) electrons. The summed E-state index contributed by atoms with van der Waals surface area (Å²) < 4.78 is 5.72. The van der Waals surface area contributed by atoms with Crippen molar-refractivity contribution < 1.29 is 19.4 Å². The van der Waals surface area contributed by atoms with Crippen LogP contribution in [0, 0.1) is 0 Å². The molecule has 0 fully saturated rings. The van der Waals surface area contributed by atoms with Gasteiger partial charge in [-0.05, 0) is 23.3 Å². The van der Waals surface area contributed by atoms with Gasteiger partial charge in [0.25, 0.3) is 0 Å². The van der Waals surface area contributed by atoms with Crippen LogP contribution in [0.1, 0.15) is 18.1 Å². The van der Waals surface area contributed by atoms with Crippen LogP contribution in [0.3, 0.4) is 0 Å². The van der Waals surface area contributed by atoms with E-state index in [4.69, 9.17) is 9.84 Å². The minimum absolute atomic E-state index is 0.206. The Labute approximate surface area is 134 Å². The van der Waals surface area contributed by atoms with E-state index in [9.17, 15) is 9.59 Å². The van der Waals surface area contributed by atoms with E-state index in [1.54, 1.807) is 6.07 Å². The summed E-state index contributed by atoms with van der Waals surface area (Å²) in [7, 11) is 0. The molecule has 1 atom stereocenters. The molecule has 0 saturated carbocycles. The molecule has 2 N–H and O–H groups in total. The lowest BCUT2D eigenvalue weighted by atomic mass is 10.1. The summed E-state index contributed by atoms with van der Waals surface area (Å²) in [6.45, 7) is 1.74. The third-order valence-corrected chi connectivity index (χ3v) is 3.26. The molecule has 0 spiro atoms. The minimum atomic E-state index is -1.06. The third-order valence-electron chi connectivity index (χ3n) is 3.26. The van der Waals surface area contributed by atoms with Gasteiger partial charge in [0.05, 0.1) is 0 Å². The zero-order valence-electron chi connectivity index (χ0n) is 12.9. The zero-order valence-corrected chi connectivity index (χ0v) is 12.9. The van der Waals surface area contributed by atoms with Crippen molar-refractivity contribution in [2.45, 2.75) is 26.0 Å². The van der Waals surface area contributed by atoms with E-state index in [0.29, 0.717) is 12.4 Å². The number of aliphatic carboxylic acids is 1. The van der Waals surface area contributed by atoms with Gasteiger partial charge in [-0.25, -0.2) is 4.79 Å². The number of rotatable bonds is 7. The second-order valence-corrected chi connectivity index (χ2v) is 5.22. The number of carboxylic acids is 1. The van der Waals surface area contributed by atoms with Gasteiger partial charge in [0.2, 0.25) is 5.91 Å². The van der Waals surface area contributed by atoms with Gasteiger partial charge in [0.15, 0.2) is 0 Å². The van der Waals surface area contributed by atoms with Crippen molar-refractivity contribution in [3.8, 4) is 5.75 Å². The lowest BCUT2D eigenvalue weighted by Crippen LogP contribution is -2.41. The standard InChI is InChI=1S/C18H19NO4/c1-13(20)19-17(18(21)22)11-15-8-5-9-16(10-15)23-12-14-6-3-2-4-7-14/h2-10,17H,11-12H2,1H3,(H,19,20)(H,21,22)/t17-/m1/s1. The SMILES string of the molecule is CC(=O)N[C@H](Cc1cccc(OCc2ccccc2)c1)C(=O)O. The predicted molar refractivity (Wildman–Crippen MR) is 86.2 cm³/mol. The summed E-state index contributed by atoms with van der Waals surface area (Å²) in [6, 6.07) is 16.1. The van der Waals surface area contributed by atoms with Crippen molar-refractivity contribution in [2.75, 3.05) is 0 Å². The molecule has 2 rings (SSSR count). The molecule has 0 unspecified atom stereocenters.